The Balaban J connectivity index is 3.33. The zero-order valence-corrected chi connectivity index (χ0v) is 13.4. The molecule has 0 N–H and O–H groups in total. The minimum atomic E-state index is -3.73. The molecular weight excluding hydrogens is 470 g/mol. The van der Waals surface area contributed by atoms with E-state index in [1.807, 2.05) is 22.6 Å². The average Bonchev–Trinajstić information content (AvgIpc) is 2.08. The molecular formula is C7H4Br2FIO3S. The standard InChI is InChI=1S/C7H4Br2FIO3S/c1-15(12,13)14-4-2-3(8)7(11)5(9)6(4)10/h2H,1H3. The van der Waals surface area contributed by atoms with Crippen molar-refractivity contribution in [3.05, 3.63) is 24.4 Å². The number of benzene rings is 1. The van der Waals surface area contributed by atoms with Gasteiger partial charge in [0.25, 0.3) is 0 Å². The van der Waals surface area contributed by atoms with Gasteiger partial charge in [-0.3, -0.25) is 0 Å². The Morgan fingerprint density at radius 2 is 2.00 bits per heavy atom. The minimum absolute atomic E-state index is 0.163. The summed E-state index contributed by atoms with van der Waals surface area (Å²) >= 11 is 8.07. The van der Waals surface area contributed by atoms with E-state index in [0.29, 0.717) is 8.04 Å². The molecule has 8 heteroatoms. The van der Waals surface area contributed by atoms with Crippen LogP contribution in [-0.4, -0.2) is 14.7 Å². The summed E-state index contributed by atoms with van der Waals surface area (Å²) in [5.41, 5.74) is 0. The zero-order valence-electron chi connectivity index (χ0n) is 7.22. The first-order valence-corrected chi connectivity index (χ1v) is 7.93. The molecule has 0 aromatic heterocycles. The molecule has 0 heterocycles. The highest BCUT2D eigenvalue weighted by Gasteiger charge is 2.17. The van der Waals surface area contributed by atoms with Crippen molar-refractivity contribution in [3.8, 4) is 5.75 Å². The quantitative estimate of drug-likeness (QED) is 0.286. The van der Waals surface area contributed by atoms with Gasteiger partial charge < -0.3 is 4.18 Å². The molecule has 1 aromatic rings. The van der Waals surface area contributed by atoms with Gasteiger partial charge in [-0.15, -0.1) is 0 Å². The molecule has 0 atom stereocenters. The van der Waals surface area contributed by atoms with Gasteiger partial charge in [0.1, 0.15) is 0 Å². The lowest BCUT2D eigenvalue weighted by molar-refractivity contribution is 0.465. The summed E-state index contributed by atoms with van der Waals surface area (Å²) in [5, 5.41) is 0. The Hall–Kier alpha value is 0.590. The third-order valence-electron chi connectivity index (χ3n) is 1.31. The molecule has 15 heavy (non-hydrogen) atoms. The summed E-state index contributed by atoms with van der Waals surface area (Å²) in [6.45, 7) is 0. The van der Waals surface area contributed by atoms with Crippen molar-refractivity contribution in [3.63, 3.8) is 0 Å². The molecule has 0 unspecified atom stereocenters. The summed E-state index contributed by atoms with van der Waals surface area (Å²) in [5.74, 6) is -1.08. The van der Waals surface area contributed by atoms with Crippen LogP contribution < -0.4 is 4.18 Å². The van der Waals surface area contributed by atoms with Gasteiger partial charge in [0.05, 0.1) is 10.7 Å². The van der Waals surface area contributed by atoms with Crippen LogP contribution in [0.5, 0.6) is 5.75 Å². The van der Waals surface area contributed by atoms with Crippen LogP contribution in [0.15, 0.2) is 15.0 Å². The molecule has 0 aliphatic heterocycles. The lowest BCUT2D eigenvalue weighted by Crippen LogP contribution is -2.07. The third kappa shape index (κ3) is 3.53. The Labute approximate surface area is 117 Å². The third-order valence-corrected chi connectivity index (χ3v) is 5.77. The Morgan fingerprint density at radius 3 is 2.47 bits per heavy atom. The smallest absolute Gasteiger partial charge is 0.306 e. The number of halogens is 4. The van der Waals surface area contributed by atoms with Crippen LogP contribution in [0, 0.1) is 9.39 Å². The fourth-order valence-electron chi connectivity index (χ4n) is 0.775. The molecule has 1 rings (SSSR count). The van der Waals surface area contributed by atoms with Crippen LogP contribution in [0.1, 0.15) is 0 Å². The van der Waals surface area contributed by atoms with Gasteiger partial charge in [-0.05, 0) is 54.5 Å². The molecule has 0 saturated heterocycles. The molecule has 0 saturated carbocycles. The second-order valence-corrected chi connectivity index (χ2v) is 6.89. The van der Waals surface area contributed by atoms with Gasteiger partial charge in [0.2, 0.25) is 0 Å². The molecule has 84 valence electrons. The van der Waals surface area contributed by atoms with Crippen molar-refractivity contribution >= 4 is 64.6 Å². The summed E-state index contributed by atoms with van der Waals surface area (Å²) in [7, 11) is -3.73. The Kier molecular flexibility index (Phi) is 4.41. The summed E-state index contributed by atoms with van der Waals surface area (Å²) in [6.07, 6.45) is 0.853. The van der Waals surface area contributed by atoms with Gasteiger partial charge >= 0.3 is 10.1 Å². The summed E-state index contributed by atoms with van der Waals surface area (Å²) < 4.78 is 41.0. The molecule has 0 fully saturated rings. The van der Waals surface area contributed by atoms with Crippen LogP contribution in [0.25, 0.3) is 0 Å². The summed E-state index contributed by atoms with van der Waals surface area (Å²) in [4.78, 5) is 0. The molecule has 0 aliphatic rings. The molecule has 0 radical (unpaired) electrons. The van der Waals surface area contributed by atoms with Crippen molar-refractivity contribution in [2.75, 3.05) is 6.26 Å². The van der Waals surface area contributed by atoms with Crippen LogP contribution in [0.3, 0.4) is 0 Å². The van der Waals surface area contributed by atoms with Crippen molar-refractivity contribution < 1.29 is 17.0 Å². The maximum atomic E-state index is 13.5. The largest absolute Gasteiger partial charge is 0.379 e. The highest BCUT2D eigenvalue weighted by molar-refractivity contribution is 14.1. The minimum Gasteiger partial charge on any atom is -0.379 e. The van der Waals surface area contributed by atoms with E-state index in [0.717, 1.165) is 6.26 Å². The second-order valence-electron chi connectivity index (χ2n) is 2.59. The summed E-state index contributed by atoms with van der Waals surface area (Å²) in [6, 6.07) is 1.27. The molecule has 0 amide bonds. The predicted molar refractivity (Wildman–Crippen MR) is 70.0 cm³/mol. The Bertz CT molecular complexity index is 503. The highest BCUT2D eigenvalue weighted by Crippen LogP contribution is 2.35. The molecule has 0 bridgehead atoms. The lowest BCUT2D eigenvalue weighted by atomic mass is 10.3. The van der Waals surface area contributed by atoms with Crippen molar-refractivity contribution in [1.29, 1.82) is 0 Å². The van der Waals surface area contributed by atoms with Gasteiger partial charge in [-0.25, -0.2) is 4.39 Å². The molecule has 0 aliphatic carbocycles. The monoisotopic (exact) mass is 472 g/mol. The maximum Gasteiger partial charge on any atom is 0.306 e. The SMILES string of the molecule is CS(=O)(=O)Oc1cc(Br)c(I)c(Br)c1F. The van der Waals surface area contributed by atoms with Crippen LogP contribution in [0.2, 0.25) is 0 Å². The van der Waals surface area contributed by atoms with Crippen LogP contribution in [-0.2, 0) is 10.1 Å². The predicted octanol–water partition coefficient (Wildman–Crippen LogP) is 3.29. The first-order valence-electron chi connectivity index (χ1n) is 3.45. The fourth-order valence-corrected chi connectivity index (χ4v) is 2.70. The number of hydrogen-bond donors (Lipinski definition) is 0. The number of hydrogen-bond acceptors (Lipinski definition) is 3. The highest BCUT2D eigenvalue weighted by atomic mass is 127. The first-order chi connectivity index (χ1) is 6.72. The Morgan fingerprint density at radius 1 is 1.47 bits per heavy atom. The van der Waals surface area contributed by atoms with Crippen molar-refractivity contribution in [2.45, 2.75) is 0 Å². The van der Waals surface area contributed by atoms with Gasteiger partial charge in [0, 0.05) is 14.1 Å². The van der Waals surface area contributed by atoms with E-state index in [4.69, 9.17) is 0 Å². The zero-order chi connectivity index (χ0) is 11.8. The average molecular weight is 474 g/mol. The van der Waals surface area contributed by atoms with Gasteiger partial charge in [-0.2, -0.15) is 8.42 Å². The van der Waals surface area contributed by atoms with E-state index in [-0.39, 0.29) is 10.2 Å². The van der Waals surface area contributed by atoms with Gasteiger partial charge in [0.15, 0.2) is 11.6 Å². The van der Waals surface area contributed by atoms with E-state index < -0.39 is 15.9 Å². The first kappa shape index (κ1) is 13.7. The maximum absolute atomic E-state index is 13.5. The normalized spacial score (nSPS) is 11.5. The van der Waals surface area contributed by atoms with E-state index in [1.54, 1.807) is 0 Å². The van der Waals surface area contributed by atoms with Crippen molar-refractivity contribution in [2.24, 2.45) is 0 Å². The van der Waals surface area contributed by atoms with E-state index in [1.165, 1.54) is 6.07 Å². The fraction of sp³-hybridized carbons (Fsp3) is 0.143. The van der Waals surface area contributed by atoms with Crippen molar-refractivity contribution in [1.82, 2.24) is 0 Å². The second kappa shape index (κ2) is 4.84. The van der Waals surface area contributed by atoms with E-state index in [9.17, 15) is 12.8 Å². The molecule has 0 spiro atoms. The van der Waals surface area contributed by atoms with E-state index >= 15 is 0 Å². The lowest BCUT2D eigenvalue weighted by Gasteiger charge is -2.08. The number of rotatable bonds is 2. The molecule has 3 nitrogen and oxygen atoms in total. The van der Waals surface area contributed by atoms with Crippen LogP contribution >= 0.6 is 54.5 Å². The topological polar surface area (TPSA) is 43.4 Å². The van der Waals surface area contributed by atoms with E-state index in [2.05, 4.69) is 36.0 Å². The van der Waals surface area contributed by atoms with Crippen LogP contribution in [0.4, 0.5) is 4.39 Å². The molecule has 1 aromatic carbocycles. The van der Waals surface area contributed by atoms with Gasteiger partial charge in [-0.1, -0.05) is 0 Å².